The Hall–Kier alpha value is -3.36. The van der Waals surface area contributed by atoms with Crippen LogP contribution in [-0.4, -0.2) is 74.4 Å². The van der Waals surface area contributed by atoms with E-state index in [-0.39, 0.29) is 48.0 Å². The summed E-state index contributed by atoms with van der Waals surface area (Å²) in [5.41, 5.74) is 3.78. The molecule has 3 aliphatic rings. The molecule has 8 atom stereocenters. The molecule has 2 bridgehead atoms. The Bertz CT molecular complexity index is 1480. The molecule has 0 radical (unpaired) electrons. The lowest BCUT2D eigenvalue weighted by Gasteiger charge is -2.43. The number of anilines is 1. The quantitative estimate of drug-likeness (QED) is 0.280. The van der Waals surface area contributed by atoms with E-state index in [0.717, 1.165) is 35.2 Å². The number of carbonyl (C=O) groups excluding carboxylic acids is 3. The fraction of sp³-hybridized carbons (Fsp3) is 0.500. The Balaban J connectivity index is 1.63. The van der Waals surface area contributed by atoms with Gasteiger partial charge in [-0.1, -0.05) is 81.8 Å². The molecule has 3 aliphatic heterocycles. The normalized spacial score (nSPS) is 27.7. The van der Waals surface area contributed by atoms with Gasteiger partial charge in [-0.15, -0.1) is 24.9 Å². The highest BCUT2D eigenvalue weighted by atomic mass is 32.2. The Kier molecular flexibility index (Phi) is 10.2. The summed E-state index contributed by atoms with van der Waals surface area (Å²) in [5.74, 6) is -1.69. The SMILES string of the molecule is C=CCN(Cc1ccccc1)C(=O)[C@@H]1[C@@H]2CC(C)C3(S2)C(C(=O)N(CC=C)c2cc(C)ccc2C)N([C@@H](CO)[C@@H](C)CC)C(=O)[C@H]13. The molecule has 46 heavy (non-hydrogen) atoms. The van der Waals surface area contributed by atoms with E-state index in [1.165, 1.54) is 0 Å². The summed E-state index contributed by atoms with van der Waals surface area (Å²) in [6.07, 6.45) is 4.93. The number of hydrogen-bond donors (Lipinski definition) is 1. The highest BCUT2D eigenvalue weighted by Crippen LogP contribution is 2.69. The summed E-state index contributed by atoms with van der Waals surface area (Å²) in [5, 5.41) is 10.7. The van der Waals surface area contributed by atoms with Gasteiger partial charge in [-0.25, -0.2) is 0 Å². The maximum Gasteiger partial charge on any atom is 0.251 e. The Morgan fingerprint density at radius 1 is 1.11 bits per heavy atom. The zero-order chi connectivity index (χ0) is 33.3. The highest BCUT2D eigenvalue weighted by molar-refractivity contribution is 8.02. The van der Waals surface area contributed by atoms with E-state index in [0.29, 0.717) is 13.1 Å². The van der Waals surface area contributed by atoms with Crippen LogP contribution in [0.3, 0.4) is 0 Å². The number of likely N-dealkylation sites (tertiary alicyclic amines) is 1. The third-order valence-corrected chi connectivity index (χ3v) is 12.7. The Labute approximate surface area is 278 Å². The van der Waals surface area contributed by atoms with Gasteiger partial charge in [0.2, 0.25) is 11.8 Å². The maximum absolute atomic E-state index is 15.2. The number of hydrogen-bond acceptors (Lipinski definition) is 5. The first-order valence-corrected chi connectivity index (χ1v) is 17.5. The summed E-state index contributed by atoms with van der Waals surface area (Å²) in [6, 6.07) is 14.5. The molecule has 0 aromatic heterocycles. The fourth-order valence-electron chi connectivity index (χ4n) is 8.19. The maximum atomic E-state index is 15.2. The molecule has 2 aromatic carbocycles. The van der Waals surface area contributed by atoms with E-state index < -0.39 is 28.7 Å². The minimum absolute atomic E-state index is 0.0156. The molecule has 0 saturated carbocycles. The Morgan fingerprint density at radius 3 is 2.43 bits per heavy atom. The van der Waals surface area contributed by atoms with Crippen LogP contribution < -0.4 is 4.90 Å². The van der Waals surface area contributed by atoms with Crippen molar-refractivity contribution in [3.05, 3.63) is 90.5 Å². The van der Waals surface area contributed by atoms with E-state index in [1.54, 1.807) is 38.6 Å². The van der Waals surface area contributed by atoms with Crippen LogP contribution in [0.1, 0.15) is 50.3 Å². The van der Waals surface area contributed by atoms with Crippen LogP contribution in [0.5, 0.6) is 0 Å². The van der Waals surface area contributed by atoms with E-state index in [4.69, 9.17) is 0 Å². The summed E-state index contributed by atoms with van der Waals surface area (Å²) >= 11 is 1.67. The van der Waals surface area contributed by atoms with Gasteiger partial charge in [0, 0.05) is 30.6 Å². The second-order valence-corrected chi connectivity index (χ2v) is 15.0. The van der Waals surface area contributed by atoms with Crippen LogP contribution in [0, 0.1) is 37.5 Å². The number of aryl methyl sites for hydroxylation is 2. The molecule has 246 valence electrons. The van der Waals surface area contributed by atoms with Crippen LogP contribution in [-0.2, 0) is 20.9 Å². The van der Waals surface area contributed by atoms with E-state index >= 15 is 4.79 Å². The third kappa shape index (κ3) is 5.62. The molecule has 3 fully saturated rings. The molecule has 3 amide bonds. The van der Waals surface area contributed by atoms with Crippen molar-refractivity contribution in [1.82, 2.24) is 9.80 Å². The number of thioether (sulfide) groups is 1. The molecule has 8 heteroatoms. The van der Waals surface area contributed by atoms with Gasteiger partial charge in [0.05, 0.1) is 29.2 Å². The van der Waals surface area contributed by atoms with Gasteiger partial charge in [0.1, 0.15) is 6.04 Å². The number of fused-ring (bicyclic) bond motifs is 1. The van der Waals surface area contributed by atoms with Gasteiger partial charge in [0.15, 0.2) is 0 Å². The molecule has 2 aromatic rings. The number of amides is 3. The first kappa shape index (κ1) is 34.0. The molecule has 7 nitrogen and oxygen atoms in total. The lowest BCUT2D eigenvalue weighted by Crippen LogP contribution is -2.60. The average molecular weight is 644 g/mol. The number of nitrogens with zero attached hydrogens (tertiary/aromatic N) is 3. The van der Waals surface area contributed by atoms with Crippen LogP contribution in [0.25, 0.3) is 0 Å². The van der Waals surface area contributed by atoms with Crippen molar-refractivity contribution in [2.75, 3.05) is 24.6 Å². The number of benzene rings is 2. The van der Waals surface area contributed by atoms with E-state index in [2.05, 4.69) is 20.1 Å². The van der Waals surface area contributed by atoms with Crippen molar-refractivity contribution in [3.8, 4) is 0 Å². The average Bonchev–Trinajstić information content (AvgIpc) is 3.64. The number of carbonyl (C=O) groups is 3. The second-order valence-electron chi connectivity index (χ2n) is 13.5. The fourth-order valence-corrected chi connectivity index (χ4v) is 10.6. The summed E-state index contributed by atoms with van der Waals surface area (Å²) in [6.45, 7) is 18.9. The number of aliphatic hydroxyl groups excluding tert-OH is 1. The third-order valence-electron chi connectivity index (χ3n) is 10.7. The van der Waals surface area contributed by atoms with Crippen LogP contribution in [0.15, 0.2) is 73.8 Å². The molecule has 0 aliphatic carbocycles. The first-order chi connectivity index (χ1) is 22.0. The van der Waals surface area contributed by atoms with Crippen LogP contribution >= 0.6 is 11.8 Å². The molecule has 3 unspecified atom stereocenters. The van der Waals surface area contributed by atoms with Gasteiger partial charge in [-0.2, -0.15) is 0 Å². The van der Waals surface area contributed by atoms with Gasteiger partial charge in [-0.05, 0) is 54.9 Å². The first-order valence-electron chi connectivity index (χ1n) is 16.6. The van der Waals surface area contributed by atoms with Crippen molar-refractivity contribution in [1.29, 1.82) is 0 Å². The monoisotopic (exact) mass is 643 g/mol. The lowest BCUT2D eigenvalue weighted by molar-refractivity contribution is -0.146. The van der Waals surface area contributed by atoms with E-state index in [1.807, 2.05) is 76.2 Å². The standard InChI is InChI=1S/C38H49N3O4S/c1-8-18-39(22-28-14-12-11-13-15-28)35(43)32-31-21-27(7)38(46-31)33(32)36(44)41(30(23-42)25(5)10-3)34(38)37(45)40(19-9-2)29-20-24(4)16-17-26(29)6/h8-9,11-17,20,25,27,30-34,42H,1-2,10,18-19,21-23H2,3-7H3/t25-,27?,30-,31-,32+,33-,34?,38?/m0/s1. The second kappa shape index (κ2) is 13.8. The smallest absolute Gasteiger partial charge is 0.251 e. The topological polar surface area (TPSA) is 81.2 Å². The van der Waals surface area contributed by atoms with Crippen molar-refractivity contribution in [2.45, 2.75) is 76.1 Å². The summed E-state index contributed by atoms with van der Waals surface area (Å²) in [7, 11) is 0. The summed E-state index contributed by atoms with van der Waals surface area (Å²) < 4.78 is -0.802. The van der Waals surface area contributed by atoms with Crippen molar-refractivity contribution in [2.24, 2.45) is 23.7 Å². The van der Waals surface area contributed by atoms with Gasteiger partial charge in [0.25, 0.3) is 5.91 Å². The minimum atomic E-state index is -0.833. The predicted octanol–water partition coefficient (Wildman–Crippen LogP) is 5.78. The Morgan fingerprint density at radius 2 is 1.80 bits per heavy atom. The highest BCUT2D eigenvalue weighted by Gasteiger charge is 2.77. The molecule has 1 spiro atoms. The van der Waals surface area contributed by atoms with Crippen LogP contribution in [0.4, 0.5) is 5.69 Å². The van der Waals surface area contributed by atoms with Crippen molar-refractivity contribution in [3.63, 3.8) is 0 Å². The largest absolute Gasteiger partial charge is 0.394 e. The molecule has 3 saturated heterocycles. The lowest BCUT2D eigenvalue weighted by atomic mass is 9.65. The van der Waals surface area contributed by atoms with Crippen LogP contribution in [0.2, 0.25) is 0 Å². The minimum Gasteiger partial charge on any atom is -0.394 e. The number of rotatable bonds is 13. The van der Waals surface area contributed by atoms with Gasteiger partial charge < -0.3 is 19.8 Å². The number of aliphatic hydroxyl groups is 1. The van der Waals surface area contributed by atoms with E-state index in [9.17, 15) is 14.7 Å². The molecule has 3 heterocycles. The summed E-state index contributed by atoms with van der Waals surface area (Å²) in [4.78, 5) is 50.0. The van der Waals surface area contributed by atoms with Gasteiger partial charge in [-0.3, -0.25) is 14.4 Å². The van der Waals surface area contributed by atoms with Crippen molar-refractivity contribution >= 4 is 35.2 Å². The molecule has 1 N–H and O–H groups in total. The molecular weight excluding hydrogens is 595 g/mol. The predicted molar refractivity (Wildman–Crippen MR) is 186 cm³/mol. The molecule has 5 rings (SSSR count). The zero-order valence-electron chi connectivity index (χ0n) is 27.9. The molecular formula is C38H49N3O4S. The van der Waals surface area contributed by atoms with Gasteiger partial charge >= 0.3 is 0 Å². The zero-order valence-corrected chi connectivity index (χ0v) is 28.7. The van der Waals surface area contributed by atoms with Crippen molar-refractivity contribution < 1.29 is 19.5 Å².